The normalized spacial score (nSPS) is 14.4. The molecular formula is C23H28N4O5Se. The number of hydrogen-bond donors (Lipinski definition) is 2. The van der Waals surface area contributed by atoms with Crippen LogP contribution in [0.15, 0.2) is 24.5 Å². The van der Waals surface area contributed by atoms with Crippen LogP contribution in [0, 0.1) is 6.92 Å². The number of hydrogen-bond acceptors (Lipinski definition) is 9. The molecule has 1 fully saturated rings. The van der Waals surface area contributed by atoms with E-state index in [4.69, 9.17) is 14.2 Å². The van der Waals surface area contributed by atoms with Crippen molar-refractivity contribution in [3.8, 4) is 5.75 Å². The maximum atomic E-state index is 11.9. The van der Waals surface area contributed by atoms with Gasteiger partial charge in [-0.1, -0.05) is 0 Å². The predicted molar refractivity (Wildman–Crippen MR) is 126 cm³/mol. The fourth-order valence-corrected chi connectivity index (χ4v) is 5.59. The number of benzene rings is 1. The third kappa shape index (κ3) is 5.72. The van der Waals surface area contributed by atoms with Crippen LogP contribution in [-0.4, -0.2) is 87.0 Å². The van der Waals surface area contributed by atoms with Gasteiger partial charge in [-0.15, -0.1) is 0 Å². The molecule has 0 saturated carbocycles. The molecule has 0 atom stereocenters. The molecule has 3 aromatic rings. The first-order valence-electron chi connectivity index (χ1n) is 10.9. The number of nitrogens with zero attached hydrogens (tertiary/aromatic N) is 3. The van der Waals surface area contributed by atoms with Gasteiger partial charge in [0.1, 0.15) is 0 Å². The molecule has 3 heterocycles. The van der Waals surface area contributed by atoms with Crippen molar-refractivity contribution in [1.82, 2.24) is 14.9 Å². The van der Waals surface area contributed by atoms with Crippen LogP contribution in [0.5, 0.6) is 5.75 Å². The number of fused-ring (bicyclic) bond motifs is 1. The molecule has 2 aromatic heterocycles. The minimum absolute atomic E-state index is 0.0862. The van der Waals surface area contributed by atoms with Gasteiger partial charge in [-0.05, 0) is 0 Å². The summed E-state index contributed by atoms with van der Waals surface area (Å²) in [6, 6.07) is 5.52. The number of aromatic nitrogens is 2. The monoisotopic (exact) mass is 520 g/mol. The van der Waals surface area contributed by atoms with E-state index in [0.717, 1.165) is 54.8 Å². The number of rotatable bonds is 9. The molecule has 10 heteroatoms. The Morgan fingerprint density at radius 2 is 2.09 bits per heavy atom. The van der Waals surface area contributed by atoms with Gasteiger partial charge < -0.3 is 4.74 Å². The van der Waals surface area contributed by atoms with Crippen molar-refractivity contribution in [2.24, 2.45) is 0 Å². The number of carbonyl (C=O) groups is 1. The predicted octanol–water partition coefficient (Wildman–Crippen LogP) is 2.12. The minimum atomic E-state index is -0.306. The summed E-state index contributed by atoms with van der Waals surface area (Å²) < 4.78 is 18.0. The molecule has 0 aliphatic carbocycles. The molecule has 4 rings (SSSR count). The Hall–Kier alpha value is -2.49. The molecule has 0 spiro atoms. The Balaban J connectivity index is 1.52. The SMILES string of the molecule is COC(=O)c1cc(Nc2ncnc3cc(CO)c(OCCCN4CCOCC4)cc23)c(C)[se]1. The summed E-state index contributed by atoms with van der Waals surface area (Å²) >= 11 is -0.0862. The maximum absolute atomic E-state index is 11.9. The van der Waals surface area contributed by atoms with Crippen LogP contribution in [0.3, 0.4) is 0 Å². The Labute approximate surface area is 198 Å². The quantitative estimate of drug-likeness (QED) is 0.250. The van der Waals surface area contributed by atoms with Gasteiger partial charge >= 0.3 is 167 Å². The Morgan fingerprint density at radius 1 is 1.27 bits per heavy atom. The first-order valence-corrected chi connectivity index (χ1v) is 12.6. The number of aryl methyl sites for hydroxylation is 1. The zero-order valence-corrected chi connectivity index (χ0v) is 20.5. The molecule has 0 bridgehead atoms. The van der Waals surface area contributed by atoms with Crippen molar-refractivity contribution in [3.05, 3.63) is 39.0 Å². The van der Waals surface area contributed by atoms with Crippen LogP contribution in [0.2, 0.25) is 0 Å². The van der Waals surface area contributed by atoms with Crippen LogP contribution in [0.4, 0.5) is 11.5 Å². The molecule has 0 amide bonds. The summed E-state index contributed by atoms with van der Waals surface area (Å²) in [5.41, 5.74) is 2.23. The number of ether oxygens (including phenoxy) is 3. The second kappa shape index (κ2) is 11.1. The molecule has 1 aliphatic heterocycles. The van der Waals surface area contributed by atoms with Crippen molar-refractivity contribution in [3.63, 3.8) is 0 Å². The van der Waals surface area contributed by atoms with Crippen molar-refractivity contribution >= 4 is 42.9 Å². The van der Waals surface area contributed by atoms with Gasteiger partial charge in [0.2, 0.25) is 0 Å². The third-order valence-electron chi connectivity index (χ3n) is 5.53. The van der Waals surface area contributed by atoms with E-state index in [9.17, 15) is 9.90 Å². The van der Waals surface area contributed by atoms with Crippen molar-refractivity contribution in [1.29, 1.82) is 0 Å². The fraction of sp³-hybridized carbons (Fsp3) is 0.435. The average Bonchev–Trinajstić information content (AvgIpc) is 3.21. The number of aliphatic hydroxyl groups is 1. The Kier molecular flexibility index (Phi) is 7.95. The Morgan fingerprint density at radius 3 is 2.85 bits per heavy atom. The molecule has 1 saturated heterocycles. The molecule has 176 valence electrons. The van der Waals surface area contributed by atoms with Crippen LogP contribution in [0.25, 0.3) is 10.9 Å². The van der Waals surface area contributed by atoms with E-state index in [-0.39, 0.29) is 27.1 Å². The van der Waals surface area contributed by atoms with Crippen LogP contribution in [0.1, 0.15) is 25.7 Å². The van der Waals surface area contributed by atoms with Gasteiger partial charge in [0.15, 0.2) is 0 Å². The molecular weight excluding hydrogens is 491 g/mol. The topological polar surface area (TPSA) is 106 Å². The van der Waals surface area contributed by atoms with E-state index in [1.165, 1.54) is 13.4 Å². The summed E-state index contributed by atoms with van der Waals surface area (Å²) in [4.78, 5) is 23.1. The zero-order chi connectivity index (χ0) is 23.2. The third-order valence-corrected chi connectivity index (χ3v) is 7.69. The van der Waals surface area contributed by atoms with Crippen LogP contribution >= 0.6 is 0 Å². The van der Waals surface area contributed by atoms with Crippen molar-refractivity contribution < 1.29 is 24.1 Å². The van der Waals surface area contributed by atoms with E-state index in [2.05, 4.69) is 20.2 Å². The summed E-state index contributed by atoms with van der Waals surface area (Å²) in [5, 5.41) is 14.0. The standard InChI is InChI=1S/C23H28N4O5Se/c1-15-18(12-21(33-15)23(29)30-2)26-22-17-11-20(16(13-28)10-19(17)24-14-25-22)32-7-3-4-27-5-8-31-9-6-27/h10-12,14,28H,3-9,13H2,1-2H3,(H,24,25,26). The van der Waals surface area contributed by atoms with Crippen LogP contribution in [-0.2, 0) is 16.1 Å². The number of carbonyl (C=O) groups excluding carboxylic acids is 1. The van der Waals surface area contributed by atoms with Crippen molar-refractivity contribution in [2.75, 3.05) is 51.9 Å². The number of anilines is 2. The summed E-state index contributed by atoms with van der Waals surface area (Å²) in [7, 11) is 1.39. The first kappa shape index (κ1) is 23.7. The van der Waals surface area contributed by atoms with Gasteiger partial charge in [-0.2, -0.15) is 0 Å². The van der Waals surface area contributed by atoms with Crippen molar-refractivity contribution in [2.45, 2.75) is 20.0 Å². The van der Waals surface area contributed by atoms with Gasteiger partial charge in [0.25, 0.3) is 0 Å². The van der Waals surface area contributed by atoms with E-state index in [1.807, 2.05) is 25.1 Å². The van der Waals surface area contributed by atoms with Gasteiger partial charge in [0.05, 0.1) is 13.2 Å². The number of aliphatic hydroxyl groups excluding tert-OH is 1. The number of morpholine rings is 1. The molecule has 0 unspecified atom stereocenters. The van der Waals surface area contributed by atoms with Gasteiger partial charge in [0, 0.05) is 13.1 Å². The zero-order valence-electron chi connectivity index (χ0n) is 18.8. The molecule has 33 heavy (non-hydrogen) atoms. The van der Waals surface area contributed by atoms with Gasteiger partial charge in [-0.25, -0.2) is 0 Å². The van der Waals surface area contributed by atoms with E-state index < -0.39 is 0 Å². The second-order valence-electron chi connectivity index (χ2n) is 7.71. The number of nitrogens with one attached hydrogen (secondary N) is 1. The number of esters is 1. The summed E-state index contributed by atoms with van der Waals surface area (Å²) in [5.74, 6) is 0.936. The summed E-state index contributed by atoms with van der Waals surface area (Å²) in [6.07, 6.45) is 2.37. The van der Waals surface area contributed by atoms with Gasteiger partial charge in [-0.3, -0.25) is 0 Å². The Bertz CT molecular complexity index is 1110. The molecule has 9 nitrogen and oxygen atoms in total. The summed E-state index contributed by atoms with van der Waals surface area (Å²) in [6.45, 7) is 6.81. The molecule has 1 aromatic carbocycles. The first-order chi connectivity index (χ1) is 16.1. The second-order valence-corrected chi connectivity index (χ2v) is 10.3. The van der Waals surface area contributed by atoms with E-state index in [0.29, 0.717) is 33.7 Å². The average molecular weight is 519 g/mol. The fourth-order valence-electron chi connectivity index (χ4n) is 3.71. The molecule has 0 radical (unpaired) electrons. The number of methoxy groups -OCH3 is 1. The van der Waals surface area contributed by atoms with E-state index >= 15 is 0 Å². The molecule has 1 aliphatic rings. The molecule has 2 N–H and O–H groups in total. The van der Waals surface area contributed by atoms with E-state index in [1.54, 1.807) is 0 Å². The van der Waals surface area contributed by atoms with Crippen LogP contribution < -0.4 is 10.1 Å².